The molecule has 1 saturated heterocycles. The molecule has 2 N–H and O–H groups in total. The van der Waals surface area contributed by atoms with Gasteiger partial charge in [0.25, 0.3) is 0 Å². The Bertz CT molecular complexity index is 453. The molecule has 2 rings (SSSR count). The van der Waals surface area contributed by atoms with Crippen molar-refractivity contribution in [2.24, 2.45) is 0 Å². The van der Waals surface area contributed by atoms with E-state index in [4.69, 9.17) is 4.74 Å². The summed E-state index contributed by atoms with van der Waals surface area (Å²) < 4.78 is 19.4. The summed E-state index contributed by atoms with van der Waals surface area (Å²) in [5.41, 5.74) is 0.822. The van der Waals surface area contributed by atoms with Gasteiger partial charge in [0.15, 0.2) is 11.5 Å². The number of aromatic hydroxyl groups is 1. The van der Waals surface area contributed by atoms with Crippen LogP contribution in [-0.4, -0.2) is 49.5 Å². The molecule has 0 aromatic heterocycles. The quantitative estimate of drug-likeness (QED) is 0.859. The molecule has 0 radical (unpaired) electrons. The molecular weight excluding hydrogens is 327 g/mol. The van der Waals surface area contributed by atoms with Gasteiger partial charge in [-0.25, -0.2) is 4.39 Å². The first kappa shape index (κ1) is 15.5. The van der Waals surface area contributed by atoms with Gasteiger partial charge in [0.1, 0.15) is 6.67 Å². The van der Waals surface area contributed by atoms with Crippen LogP contribution in [0.2, 0.25) is 0 Å². The molecule has 1 aromatic rings. The van der Waals surface area contributed by atoms with Gasteiger partial charge in [0.05, 0.1) is 17.1 Å². The Morgan fingerprint density at radius 3 is 2.75 bits per heavy atom. The van der Waals surface area contributed by atoms with E-state index in [1.807, 2.05) is 6.92 Å². The number of phenols is 1. The minimum Gasteiger partial charge on any atom is -0.503 e. The number of piperazine rings is 1. The second kappa shape index (κ2) is 7.24. The first-order valence-corrected chi connectivity index (χ1v) is 7.62. The van der Waals surface area contributed by atoms with E-state index in [9.17, 15) is 9.50 Å². The molecule has 4 nitrogen and oxygen atoms in total. The largest absolute Gasteiger partial charge is 0.503 e. The highest BCUT2D eigenvalue weighted by Crippen LogP contribution is 2.38. The zero-order chi connectivity index (χ0) is 14.5. The van der Waals surface area contributed by atoms with Crippen molar-refractivity contribution in [2.45, 2.75) is 13.0 Å². The predicted molar refractivity (Wildman–Crippen MR) is 80.1 cm³/mol. The first-order chi connectivity index (χ1) is 9.67. The maximum Gasteiger partial charge on any atom is 0.172 e. The van der Waals surface area contributed by atoms with Crippen molar-refractivity contribution in [3.63, 3.8) is 0 Å². The molecule has 1 heterocycles. The number of hydrogen-bond donors (Lipinski definition) is 2. The van der Waals surface area contributed by atoms with Crippen molar-refractivity contribution in [2.75, 3.05) is 39.5 Å². The maximum absolute atomic E-state index is 13.5. The summed E-state index contributed by atoms with van der Waals surface area (Å²) in [6, 6.07) is 3.20. The highest BCUT2D eigenvalue weighted by atomic mass is 79.9. The van der Waals surface area contributed by atoms with E-state index in [1.54, 1.807) is 12.1 Å². The highest BCUT2D eigenvalue weighted by molar-refractivity contribution is 9.10. The minimum absolute atomic E-state index is 0.0634. The Labute approximate surface area is 127 Å². The van der Waals surface area contributed by atoms with Crippen LogP contribution >= 0.6 is 15.9 Å². The number of rotatable bonds is 5. The maximum atomic E-state index is 13.5. The van der Waals surface area contributed by atoms with Crippen LogP contribution in [0, 0.1) is 0 Å². The van der Waals surface area contributed by atoms with Crippen LogP contribution in [0.25, 0.3) is 0 Å². The second-order valence-electron chi connectivity index (χ2n) is 4.74. The standard InChI is InChI=1S/C14H20BrFN2O2/c1-2-20-13-8-10(7-11(15)14(13)19)12(9-16)18-5-3-17-4-6-18/h7-8,12,17,19H,2-6,9H2,1H3/t12-/m1/s1. The molecule has 0 unspecified atom stereocenters. The van der Waals surface area contributed by atoms with Crippen molar-refractivity contribution in [3.8, 4) is 11.5 Å². The lowest BCUT2D eigenvalue weighted by Gasteiger charge is -2.34. The predicted octanol–water partition coefficient (Wildman–Crippen LogP) is 2.47. The molecule has 0 amide bonds. The van der Waals surface area contributed by atoms with Gasteiger partial charge in [-0.3, -0.25) is 4.90 Å². The van der Waals surface area contributed by atoms with E-state index in [-0.39, 0.29) is 11.8 Å². The Morgan fingerprint density at radius 2 is 2.15 bits per heavy atom. The monoisotopic (exact) mass is 346 g/mol. The van der Waals surface area contributed by atoms with Crippen LogP contribution in [-0.2, 0) is 0 Å². The van der Waals surface area contributed by atoms with Gasteiger partial charge in [-0.2, -0.15) is 0 Å². The van der Waals surface area contributed by atoms with Crippen molar-refractivity contribution >= 4 is 15.9 Å². The van der Waals surface area contributed by atoms with E-state index >= 15 is 0 Å². The smallest absolute Gasteiger partial charge is 0.172 e. The molecule has 112 valence electrons. The first-order valence-electron chi connectivity index (χ1n) is 6.83. The molecule has 1 aliphatic heterocycles. The van der Waals surface area contributed by atoms with Gasteiger partial charge in [-0.15, -0.1) is 0 Å². The zero-order valence-corrected chi connectivity index (χ0v) is 13.1. The summed E-state index contributed by atoms with van der Waals surface area (Å²) in [5, 5.41) is 13.2. The fourth-order valence-electron chi connectivity index (χ4n) is 2.44. The SMILES string of the molecule is CCOc1cc([C@@H](CF)N2CCNCC2)cc(Br)c1O. The molecule has 0 spiro atoms. The zero-order valence-electron chi connectivity index (χ0n) is 11.5. The van der Waals surface area contributed by atoms with Crippen LogP contribution in [0.5, 0.6) is 11.5 Å². The molecule has 6 heteroatoms. The molecule has 1 aliphatic rings. The van der Waals surface area contributed by atoms with Crippen LogP contribution in [0.15, 0.2) is 16.6 Å². The second-order valence-corrected chi connectivity index (χ2v) is 5.59. The molecule has 1 fully saturated rings. The lowest BCUT2D eigenvalue weighted by molar-refractivity contribution is 0.147. The minimum atomic E-state index is -0.456. The van der Waals surface area contributed by atoms with Gasteiger partial charge in [0, 0.05) is 26.2 Å². The number of phenolic OH excluding ortho intramolecular Hbond substituents is 1. The normalized spacial score (nSPS) is 17.9. The molecule has 20 heavy (non-hydrogen) atoms. The van der Waals surface area contributed by atoms with Crippen molar-refractivity contribution < 1.29 is 14.2 Å². The third-order valence-corrected chi connectivity index (χ3v) is 4.08. The lowest BCUT2D eigenvalue weighted by Crippen LogP contribution is -2.45. The number of nitrogens with one attached hydrogen (secondary N) is 1. The van der Waals surface area contributed by atoms with Gasteiger partial charge in [-0.1, -0.05) is 0 Å². The van der Waals surface area contributed by atoms with Crippen LogP contribution < -0.4 is 10.1 Å². The molecule has 0 aliphatic carbocycles. The molecule has 0 saturated carbocycles. The van der Waals surface area contributed by atoms with E-state index in [1.165, 1.54) is 0 Å². The summed E-state index contributed by atoms with van der Waals surface area (Å²) in [4.78, 5) is 2.12. The average Bonchev–Trinajstić information content (AvgIpc) is 2.46. The summed E-state index contributed by atoms with van der Waals surface area (Å²) in [5.74, 6) is 0.457. The number of ether oxygens (including phenoxy) is 1. The molecule has 1 aromatic carbocycles. The van der Waals surface area contributed by atoms with Crippen LogP contribution in [0.3, 0.4) is 0 Å². The summed E-state index contributed by atoms with van der Waals surface area (Å²) in [6.07, 6.45) is 0. The molecule has 0 bridgehead atoms. The fourth-order valence-corrected chi connectivity index (χ4v) is 2.90. The van der Waals surface area contributed by atoms with E-state index in [2.05, 4.69) is 26.1 Å². The summed E-state index contributed by atoms with van der Waals surface area (Å²) in [6.45, 7) is 5.22. The Kier molecular flexibility index (Phi) is 5.63. The van der Waals surface area contributed by atoms with Crippen LogP contribution in [0.4, 0.5) is 4.39 Å². The van der Waals surface area contributed by atoms with Crippen LogP contribution in [0.1, 0.15) is 18.5 Å². The van der Waals surface area contributed by atoms with Crippen molar-refractivity contribution in [3.05, 3.63) is 22.2 Å². The number of halogens is 2. The number of alkyl halides is 1. The molecular formula is C14H20BrFN2O2. The van der Waals surface area contributed by atoms with Gasteiger partial charge in [-0.05, 0) is 40.5 Å². The Hall–Kier alpha value is -0.850. The average molecular weight is 347 g/mol. The topological polar surface area (TPSA) is 44.7 Å². The molecule has 1 atom stereocenters. The van der Waals surface area contributed by atoms with Gasteiger partial charge < -0.3 is 15.2 Å². The third kappa shape index (κ3) is 3.42. The fraction of sp³-hybridized carbons (Fsp3) is 0.571. The van der Waals surface area contributed by atoms with Gasteiger partial charge >= 0.3 is 0 Å². The Morgan fingerprint density at radius 1 is 1.45 bits per heavy atom. The third-order valence-electron chi connectivity index (χ3n) is 3.47. The Balaban J connectivity index is 2.28. The van der Waals surface area contributed by atoms with Crippen molar-refractivity contribution in [1.82, 2.24) is 10.2 Å². The van der Waals surface area contributed by atoms with E-state index < -0.39 is 6.67 Å². The summed E-state index contributed by atoms with van der Waals surface area (Å²) in [7, 11) is 0. The number of nitrogens with zero attached hydrogens (tertiary/aromatic N) is 1. The van der Waals surface area contributed by atoms with E-state index in [0.29, 0.717) is 16.8 Å². The van der Waals surface area contributed by atoms with Gasteiger partial charge in [0.2, 0.25) is 0 Å². The summed E-state index contributed by atoms with van der Waals surface area (Å²) >= 11 is 3.31. The highest BCUT2D eigenvalue weighted by Gasteiger charge is 2.24. The van der Waals surface area contributed by atoms with Crippen molar-refractivity contribution in [1.29, 1.82) is 0 Å². The lowest BCUT2D eigenvalue weighted by atomic mass is 10.0. The number of hydrogen-bond acceptors (Lipinski definition) is 4. The number of benzene rings is 1. The van der Waals surface area contributed by atoms with E-state index in [0.717, 1.165) is 31.7 Å².